The van der Waals surface area contributed by atoms with Gasteiger partial charge in [0, 0.05) is 19.0 Å². The van der Waals surface area contributed by atoms with E-state index in [-0.39, 0.29) is 18.6 Å². The minimum Gasteiger partial charge on any atom is -0.480 e. The predicted octanol–water partition coefficient (Wildman–Crippen LogP) is 1.49. The molecule has 7 heteroatoms. The van der Waals surface area contributed by atoms with Crippen LogP contribution in [0, 0.1) is 5.41 Å². The molecular weight excluding hydrogens is 264 g/mol. The maximum absolute atomic E-state index is 11.5. The second kappa shape index (κ2) is 7.44. The van der Waals surface area contributed by atoms with Gasteiger partial charge in [-0.3, -0.25) is 9.63 Å². The fourth-order valence-corrected chi connectivity index (χ4v) is 1.20. The molecule has 0 aliphatic heterocycles. The van der Waals surface area contributed by atoms with Crippen LogP contribution in [0.2, 0.25) is 0 Å². The number of amides is 1. The summed E-state index contributed by atoms with van der Waals surface area (Å²) in [7, 11) is 1.55. The van der Waals surface area contributed by atoms with Gasteiger partial charge in [-0.15, -0.1) is 0 Å². The monoisotopic (exact) mass is 290 g/mol. The largest absolute Gasteiger partial charge is 0.480 e. The number of nitrogens with zero attached hydrogens (tertiary/aromatic N) is 1. The first-order valence-electron chi connectivity index (χ1n) is 6.44. The quantitative estimate of drug-likeness (QED) is 0.691. The first-order valence-corrected chi connectivity index (χ1v) is 6.44. The zero-order chi connectivity index (χ0) is 16.0. The van der Waals surface area contributed by atoms with E-state index in [4.69, 9.17) is 14.7 Å². The molecule has 20 heavy (non-hydrogen) atoms. The molecular formula is C13H26N2O5. The van der Waals surface area contributed by atoms with Gasteiger partial charge in [0.25, 0.3) is 0 Å². The van der Waals surface area contributed by atoms with Gasteiger partial charge in [0.15, 0.2) is 0 Å². The number of hydrogen-bond donors (Lipinski definition) is 2. The number of rotatable bonds is 7. The standard InChI is InChI=1S/C13H26N2O5/c1-12(2,3)20-11(18)14-8-13(4,5)9-19-15(6)7-10(16)17/h7-9H2,1-6H3,(H,14,18)(H,16,17). The van der Waals surface area contributed by atoms with Gasteiger partial charge in [-0.2, -0.15) is 5.06 Å². The fourth-order valence-electron chi connectivity index (χ4n) is 1.20. The summed E-state index contributed by atoms with van der Waals surface area (Å²) in [6, 6.07) is 0. The fraction of sp³-hybridized carbons (Fsp3) is 0.846. The van der Waals surface area contributed by atoms with Crippen molar-refractivity contribution >= 4 is 12.1 Å². The van der Waals surface area contributed by atoms with Crippen molar-refractivity contribution in [1.29, 1.82) is 0 Å². The van der Waals surface area contributed by atoms with E-state index in [0.29, 0.717) is 6.54 Å². The highest BCUT2D eigenvalue weighted by atomic mass is 16.7. The van der Waals surface area contributed by atoms with Crippen LogP contribution in [0.5, 0.6) is 0 Å². The Labute approximate surface area is 120 Å². The number of ether oxygens (including phenoxy) is 1. The lowest BCUT2D eigenvalue weighted by molar-refractivity contribution is -0.177. The van der Waals surface area contributed by atoms with Crippen LogP contribution in [0.3, 0.4) is 0 Å². The normalized spacial score (nSPS) is 12.3. The Balaban J connectivity index is 4.06. The summed E-state index contributed by atoms with van der Waals surface area (Å²) in [4.78, 5) is 27.3. The molecule has 0 aromatic rings. The average molecular weight is 290 g/mol. The van der Waals surface area contributed by atoms with Crippen LogP contribution in [0.4, 0.5) is 4.79 Å². The van der Waals surface area contributed by atoms with Crippen LogP contribution in [-0.2, 0) is 14.4 Å². The first-order chi connectivity index (χ1) is 8.91. The maximum Gasteiger partial charge on any atom is 0.407 e. The highest BCUT2D eigenvalue weighted by molar-refractivity contribution is 5.68. The van der Waals surface area contributed by atoms with E-state index >= 15 is 0 Å². The van der Waals surface area contributed by atoms with Crippen LogP contribution in [-0.4, -0.2) is 54.6 Å². The molecule has 0 radical (unpaired) electrons. The number of aliphatic carboxylic acids is 1. The second-order valence-corrected chi connectivity index (χ2v) is 6.47. The van der Waals surface area contributed by atoms with Gasteiger partial charge in [0.2, 0.25) is 0 Å². The summed E-state index contributed by atoms with van der Waals surface area (Å²) in [6.45, 7) is 9.63. The SMILES string of the molecule is CN(CC(=O)O)OCC(C)(C)CNC(=O)OC(C)(C)C. The van der Waals surface area contributed by atoms with E-state index in [1.54, 1.807) is 27.8 Å². The molecule has 0 saturated heterocycles. The molecule has 0 saturated carbocycles. The van der Waals surface area contributed by atoms with E-state index < -0.39 is 17.7 Å². The number of carboxylic acid groups (broad SMARTS) is 1. The molecule has 0 aliphatic carbocycles. The van der Waals surface area contributed by atoms with E-state index in [9.17, 15) is 9.59 Å². The van der Waals surface area contributed by atoms with Crippen LogP contribution >= 0.6 is 0 Å². The zero-order valence-corrected chi connectivity index (χ0v) is 13.1. The van der Waals surface area contributed by atoms with Gasteiger partial charge < -0.3 is 15.2 Å². The summed E-state index contributed by atoms with van der Waals surface area (Å²) in [5.74, 6) is -0.961. The van der Waals surface area contributed by atoms with Crippen molar-refractivity contribution in [2.45, 2.75) is 40.2 Å². The molecule has 0 unspecified atom stereocenters. The van der Waals surface area contributed by atoms with E-state index in [1.807, 2.05) is 13.8 Å². The molecule has 0 atom stereocenters. The zero-order valence-electron chi connectivity index (χ0n) is 13.1. The van der Waals surface area contributed by atoms with Crippen LogP contribution in [0.25, 0.3) is 0 Å². The summed E-state index contributed by atoms with van der Waals surface area (Å²) in [5, 5.41) is 12.5. The highest BCUT2D eigenvalue weighted by Crippen LogP contribution is 2.15. The summed E-state index contributed by atoms with van der Waals surface area (Å²) in [5.41, 5.74) is -0.879. The van der Waals surface area contributed by atoms with Crippen molar-refractivity contribution in [2.75, 3.05) is 26.7 Å². The van der Waals surface area contributed by atoms with Crippen molar-refractivity contribution in [3.05, 3.63) is 0 Å². The number of carbonyl (C=O) groups excluding carboxylic acids is 1. The van der Waals surface area contributed by atoms with Crippen LogP contribution in [0.15, 0.2) is 0 Å². The molecule has 2 N–H and O–H groups in total. The molecule has 0 fully saturated rings. The van der Waals surface area contributed by atoms with Crippen LogP contribution < -0.4 is 5.32 Å². The predicted molar refractivity (Wildman–Crippen MR) is 74.2 cm³/mol. The Morgan fingerprint density at radius 3 is 2.20 bits per heavy atom. The minimum atomic E-state index is -0.961. The lowest BCUT2D eigenvalue weighted by Crippen LogP contribution is -2.41. The van der Waals surface area contributed by atoms with Crippen molar-refractivity contribution in [3.8, 4) is 0 Å². The van der Waals surface area contributed by atoms with Crippen LogP contribution in [0.1, 0.15) is 34.6 Å². The van der Waals surface area contributed by atoms with Gasteiger partial charge in [-0.05, 0) is 20.8 Å². The molecule has 0 heterocycles. The Hall–Kier alpha value is -1.34. The number of nitrogens with one attached hydrogen (secondary N) is 1. The third-order valence-electron chi connectivity index (χ3n) is 2.14. The second-order valence-electron chi connectivity index (χ2n) is 6.47. The lowest BCUT2D eigenvalue weighted by atomic mass is 9.95. The number of hydroxylamine groups is 2. The van der Waals surface area contributed by atoms with E-state index in [0.717, 1.165) is 0 Å². The van der Waals surface area contributed by atoms with Gasteiger partial charge in [0.05, 0.1) is 6.61 Å². The van der Waals surface area contributed by atoms with Gasteiger partial charge >= 0.3 is 12.1 Å². The Kier molecular flexibility index (Phi) is 6.95. The molecule has 7 nitrogen and oxygen atoms in total. The Bertz CT molecular complexity index is 336. The lowest BCUT2D eigenvalue weighted by Gasteiger charge is -2.28. The summed E-state index contributed by atoms with van der Waals surface area (Å²) in [6.07, 6.45) is -0.482. The summed E-state index contributed by atoms with van der Waals surface area (Å²) >= 11 is 0. The molecule has 0 bridgehead atoms. The molecule has 0 spiro atoms. The number of hydrogen-bond acceptors (Lipinski definition) is 5. The van der Waals surface area contributed by atoms with Crippen molar-refractivity contribution in [1.82, 2.24) is 10.4 Å². The molecule has 1 amide bonds. The average Bonchev–Trinajstić information content (AvgIpc) is 2.21. The molecule has 0 aromatic carbocycles. The molecule has 0 aliphatic rings. The third-order valence-corrected chi connectivity index (χ3v) is 2.14. The third kappa shape index (κ3) is 10.6. The van der Waals surface area contributed by atoms with Gasteiger partial charge in [-0.25, -0.2) is 4.79 Å². The molecule has 118 valence electrons. The van der Waals surface area contributed by atoms with Gasteiger partial charge in [-0.1, -0.05) is 13.8 Å². The first kappa shape index (κ1) is 18.7. The highest BCUT2D eigenvalue weighted by Gasteiger charge is 2.23. The van der Waals surface area contributed by atoms with E-state index in [1.165, 1.54) is 5.06 Å². The van der Waals surface area contributed by atoms with Crippen molar-refractivity contribution in [3.63, 3.8) is 0 Å². The number of carbonyl (C=O) groups is 2. The van der Waals surface area contributed by atoms with Crippen molar-refractivity contribution in [2.24, 2.45) is 5.41 Å². The smallest absolute Gasteiger partial charge is 0.407 e. The molecule has 0 aromatic heterocycles. The number of alkyl carbamates (subject to hydrolysis) is 1. The Morgan fingerprint density at radius 1 is 1.20 bits per heavy atom. The topological polar surface area (TPSA) is 88.1 Å². The molecule has 0 rings (SSSR count). The van der Waals surface area contributed by atoms with Crippen molar-refractivity contribution < 1.29 is 24.3 Å². The number of likely N-dealkylation sites (N-methyl/N-ethyl adjacent to an activating group) is 1. The maximum atomic E-state index is 11.5. The van der Waals surface area contributed by atoms with Gasteiger partial charge in [0.1, 0.15) is 12.1 Å². The number of carboxylic acids is 1. The Morgan fingerprint density at radius 2 is 1.75 bits per heavy atom. The summed E-state index contributed by atoms with van der Waals surface area (Å²) < 4.78 is 5.13. The van der Waals surface area contributed by atoms with E-state index in [2.05, 4.69) is 5.32 Å². The minimum absolute atomic E-state index is 0.199.